The Labute approximate surface area is 174 Å². The summed E-state index contributed by atoms with van der Waals surface area (Å²) < 4.78 is 11.2. The minimum Gasteiger partial charge on any atom is -0.481 e. The highest BCUT2D eigenvalue weighted by Gasteiger charge is 2.29. The first-order valence-electron chi connectivity index (χ1n) is 9.98. The van der Waals surface area contributed by atoms with Gasteiger partial charge in [0.15, 0.2) is 0 Å². The van der Waals surface area contributed by atoms with Gasteiger partial charge in [-0.25, -0.2) is 4.79 Å². The number of furan rings is 1. The summed E-state index contributed by atoms with van der Waals surface area (Å²) in [6, 6.07) is 18.8. The average molecular weight is 405 g/mol. The molecule has 154 valence electrons. The molecule has 0 aliphatic heterocycles. The van der Waals surface area contributed by atoms with E-state index in [9.17, 15) is 14.7 Å². The number of ether oxygens (including phenoxy) is 1. The Kier molecular flexibility index (Phi) is 5.57. The van der Waals surface area contributed by atoms with E-state index in [4.69, 9.17) is 9.15 Å². The molecule has 0 bridgehead atoms. The minimum atomic E-state index is -1.03. The molecule has 0 saturated carbocycles. The lowest BCUT2D eigenvalue weighted by Gasteiger charge is -2.17. The van der Waals surface area contributed by atoms with E-state index in [1.807, 2.05) is 43.3 Å². The van der Waals surface area contributed by atoms with Gasteiger partial charge in [0, 0.05) is 12.3 Å². The number of nitrogens with one attached hydrogen (secondary N) is 1. The molecular formula is C24H23NO5. The van der Waals surface area contributed by atoms with Crippen molar-refractivity contribution in [3.8, 4) is 11.1 Å². The topological polar surface area (TPSA) is 88.8 Å². The number of amides is 1. The van der Waals surface area contributed by atoms with Crippen LogP contribution in [0.4, 0.5) is 4.79 Å². The van der Waals surface area contributed by atoms with Crippen molar-refractivity contribution in [1.82, 2.24) is 5.32 Å². The number of rotatable bonds is 7. The van der Waals surface area contributed by atoms with Crippen molar-refractivity contribution >= 4 is 12.1 Å². The predicted molar refractivity (Wildman–Crippen MR) is 111 cm³/mol. The van der Waals surface area contributed by atoms with Crippen molar-refractivity contribution in [2.75, 3.05) is 6.61 Å². The fourth-order valence-electron chi connectivity index (χ4n) is 3.95. The summed E-state index contributed by atoms with van der Waals surface area (Å²) in [6.45, 7) is 2.10. The zero-order valence-corrected chi connectivity index (χ0v) is 16.6. The number of alkyl carbamates (subject to hydrolysis) is 1. The zero-order chi connectivity index (χ0) is 21.1. The quantitative estimate of drug-likeness (QED) is 0.584. The molecule has 6 nitrogen and oxygen atoms in total. The van der Waals surface area contributed by atoms with E-state index in [0.29, 0.717) is 12.2 Å². The van der Waals surface area contributed by atoms with Crippen LogP contribution in [0.15, 0.2) is 65.1 Å². The number of benzene rings is 2. The molecule has 1 aliphatic rings. The van der Waals surface area contributed by atoms with Crippen LogP contribution in [0.25, 0.3) is 11.1 Å². The summed E-state index contributed by atoms with van der Waals surface area (Å²) in [5.74, 6) is 0.0438. The van der Waals surface area contributed by atoms with Crippen molar-refractivity contribution in [3.63, 3.8) is 0 Å². The van der Waals surface area contributed by atoms with Gasteiger partial charge in [-0.05, 0) is 34.4 Å². The monoisotopic (exact) mass is 405 g/mol. The third-order valence-electron chi connectivity index (χ3n) is 5.39. The van der Waals surface area contributed by atoms with Crippen LogP contribution in [0.2, 0.25) is 0 Å². The van der Waals surface area contributed by atoms with E-state index in [1.54, 1.807) is 12.1 Å². The fourth-order valence-corrected chi connectivity index (χ4v) is 3.95. The number of aliphatic carboxylic acids is 1. The van der Waals surface area contributed by atoms with Crippen LogP contribution >= 0.6 is 0 Å². The largest absolute Gasteiger partial charge is 0.481 e. The van der Waals surface area contributed by atoms with Gasteiger partial charge in [-0.15, -0.1) is 0 Å². The second kappa shape index (κ2) is 8.45. The van der Waals surface area contributed by atoms with Crippen LogP contribution in [0, 0.1) is 0 Å². The summed E-state index contributed by atoms with van der Waals surface area (Å²) >= 11 is 0. The summed E-state index contributed by atoms with van der Waals surface area (Å²) in [7, 11) is 0. The zero-order valence-electron chi connectivity index (χ0n) is 16.6. The second-order valence-corrected chi connectivity index (χ2v) is 7.28. The van der Waals surface area contributed by atoms with E-state index >= 15 is 0 Å². The van der Waals surface area contributed by atoms with Gasteiger partial charge in [-0.3, -0.25) is 4.79 Å². The first-order chi connectivity index (χ1) is 14.6. The lowest BCUT2D eigenvalue weighted by atomic mass is 9.98. The summed E-state index contributed by atoms with van der Waals surface area (Å²) in [5.41, 5.74) is 4.53. The molecule has 6 heteroatoms. The Hall–Kier alpha value is -3.54. The van der Waals surface area contributed by atoms with Crippen molar-refractivity contribution in [3.05, 3.63) is 83.3 Å². The van der Waals surface area contributed by atoms with Crippen LogP contribution in [-0.4, -0.2) is 23.8 Å². The second-order valence-electron chi connectivity index (χ2n) is 7.28. The van der Waals surface area contributed by atoms with E-state index in [-0.39, 0.29) is 18.9 Å². The highest BCUT2D eigenvalue weighted by Crippen LogP contribution is 2.44. The Morgan fingerprint density at radius 2 is 1.67 bits per heavy atom. The SMILES string of the molecule is CCc1ccc([C@@H](CC(=O)O)NC(=O)OCC2c3ccccc3-c3ccccc32)o1. The molecule has 2 N–H and O–H groups in total. The van der Waals surface area contributed by atoms with Crippen molar-refractivity contribution in [2.24, 2.45) is 0 Å². The molecule has 0 unspecified atom stereocenters. The number of aryl methyl sites for hydroxylation is 1. The van der Waals surface area contributed by atoms with Gasteiger partial charge in [-0.1, -0.05) is 55.5 Å². The van der Waals surface area contributed by atoms with Gasteiger partial charge in [-0.2, -0.15) is 0 Å². The Balaban J connectivity index is 1.47. The van der Waals surface area contributed by atoms with Crippen molar-refractivity contribution in [1.29, 1.82) is 0 Å². The maximum atomic E-state index is 12.5. The predicted octanol–water partition coefficient (Wildman–Crippen LogP) is 4.90. The number of fused-ring (bicyclic) bond motifs is 3. The molecule has 0 saturated heterocycles. The molecule has 1 aliphatic carbocycles. The summed E-state index contributed by atoms with van der Waals surface area (Å²) in [4.78, 5) is 23.7. The van der Waals surface area contributed by atoms with Crippen molar-refractivity contribution < 1.29 is 23.8 Å². The molecule has 1 amide bonds. The molecule has 1 aromatic heterocycles. The third kappa shape index (κ3) is 3.94. The van der Waals surface area contributed by atoms with Crippen LogP contribution < -0.4 is 5.32 Å². The standard InChI is InChI=1S/C24H23NO5/c1-2-15-11-12-22(30-15)21(13-23(26)27)25-24(28)29-14-20-18-9-5-3-7-16(18)17-8-4-6-10-19(17)20/h3-12,20-21H,2,13-14H2,1H3,(H,25,28)(H,26,27)/t21-/m1/s1. The van der Waals surface area contributed by atoms with Crippen LogP contribution in [0.1, 0.15) is 48.0 Å². The summed E-state index contributed by atoms with van der Waals surface area (Å²) in [5, 5.41) is 11.8. The lowest BCUT2D eigenvalue weighted by molar-refractivity contribution is -0.137. The normalized spacial score (nSPS) is 13.4. The molecule has 0 radical (unpaired) electrons. The average Bonchev–Trinajstić information content (AvgIpc) is 3.35. The smallest absolute Gasteiger partial charge is 0.407 e. The van der Waals surface area contributed by atoms with Gasteiger partial charge in [0.1, 0.15) is 24.2 Å². The third-order valence-corrected chi connectivity index (χ3v) is 5.39. The molecule has 30 heavy (non-hydrogen) atoms. The summed E-state index contributed by atoms with van der Waals surface area (Å²) in [6.07, 6.45) is -0.274. The van der Waals surface area contributed by atoms with Gasteiger partial charge in [0.05, 0.1) is 6.42 Å². The first-order valence-corrected chi connectivity index (χ1v) is 9.98. The Morgan fingerprint density at radius 3 is 2.23 bits per heavy atom. The van der Waals surface area contributed by atoms with Crippen LogP contribution in [0.3, 0.4) is 0 Å². The van der Waals surface area contributed by atoms with Gasteiger partial charge in [0.2, 0.25) is 0 Å². The molecule has 2 aromatic carbocycles. The van der Waals surface area contributed by atoms with Crippen LogP contribution in [0.5, 0.6) is 0 Å². The number of hydrogen-bond acceptors (Lipinski definition) is 4. The van der Waals surface area contributed by atoms with Crippen molar-refractivity contribution in [2.45, 2.75) is 31.7 Å². The number of carbonyl (C=O) groups excluding carboxylic acids is 1. The number of carbonyl (C=O) groups is 2. The minimum absolute atomic E-state index is 0.0589. The Morgan fingerprint density at radius 1 is 1.03 bits per heavy atom. The van der Waals surface area contributed by atoms with Gasteiger partial charge in [0.25, 0.3) is 0 Å². The number of hydrogen-bond donors (Lipinski definition) is 2. The molecule has 1 atom stereocenters. The van der Waals surface area contributed by atoms with Crippen LogP contribution in [-0.2, 0) is 16.0 Å². The molecule has 1 heterocycles. The maximum Gasteiger partial charge on any atom is 0.407 e. The van der Waals surface area contributed by atoms with Gasteiger partial charge >= 0.3 is 12.1 Å². The van der Waals surface area contributed by atoms with E-state index in [0.717, 1.165) is 28.0 Å². The highest BCUT2D eigenvalue weighted by molar-refractivity contribution is 5.79. The lowest BCUT2D eigenvalue weighted by Crippen LogP contribution is -2.31. The maximum absolute atomic E-state index is 12.5. The molecule has 3 aromatic rings. The first kappa shape index (κ1) is 19.8. The highest BCUT2D eigenvalue weighted by atomic mass is 16.5. The van der Waals surface area contributed by atoms with E-state index in [1.165, 1.54) is 0 Å². The molecule has 0 spiro atoms. The number of carboxylic acid groups (broad SMARTS) is 1. The van der Waals surface area contributed by atoms with E-state index < -0.39 is 18.1 Å². The van der Waals surface area contributed by atoms with Gasteiger partial charge < -0.3 is 19.6 Å². The molecule has 4 rings (SSSR count). The molecule has 0 fully saturated rings. The Bertz CT molecular complexity index is 1030. The fraction of sp³-hybridized carbons (Fsp3) is 0.250. The van der Waals surface area contributed by atoms with E-state index in [2.05, 4.69) is 17.4 Å². The number of carboxylic acids is 1. The molecular weight excluding hydrogens is 382 g/mol.